The van der Waals surface area contributed by atoms with Crippen LogP contribution in [-0.2, 0) is 15.0 Å². The molecular formula is C23H28F3N2O2S+. The number of amides is 1. The minimum absolute atomic E-state index is 0.0358. The zero-order valence-electron chi connectivity index (χ0n) is 18.0. The van der Waals surface area contributed by atoms with E-state index in [1.807, 2.05) is 45.9 Å². The Morgan fingerprint density at radius 3 is 2.55 bits per heavy atom. The number of carbonyl (C=O) groups is 1. The van der Waals surface area contributed by atoms with Crippen LogP contribution in [0.2, 0.25) is 0 Å². The van der Waals surface area contributed by atoms with Gasteiger partial charge in [0.1, 0.15) is 6.61 Å². The van der Waals surface area contributed by atoms with Crippen molar-refractivity contribution >= 4 is 23.4 Å². The third kappa shape index (κ3) is 5.81. The van der Waals surface area contributed by atoms with E-state index in [-0.39, 0.29) is 39.9 Å². The van der Waals surface area contributed by atoms with E-state index >= 15 is 0 Å². The molecule has 1 aliphatic carbocycles. The molecule has 4 nitrogen and oxygen atoms in total. The number of alkyl halides is 3. The SMILES string of the molecule is CCO[NH2+]c1ccc([C@@H](C)NC(=O)C2CC2(C)c2ccc(SC(F)(F)F)cc2)cc1C. The minimum atomic E-state index is -4.30. The molecule has 0 radical (unpaired) electrons. The normalized spacial score (nSPS) is 21.6. The second-order valence-electron chi connectivity index (χ2n) is 8.17. The molecule has 8 heteroatoms. The van der Waals surface area contributed by atoms with Crippen molar-refractivity contribution < 1.29 is 28.3 Å². The van der Waals surface area contributed by atoms with E-state index < -0.39 is 5.51 Å². The largest absolute Gasteiger partial charge is 0.446 e. The predicted molar refractivity (Wildman–Crippen MR) is 115 cm³/mol. The first kappa shape index (κ1) is 23.6. The maximum atomic E-state index is 12.8. The summed E-state index contributed by atoms with van der Waals surface area (Å²) in [5, 5.41) is 3.08. The second kappa shape index (κ2) is 9.22. The topological polar surface area (TPSA) is 54.9 Å². The van der Waals surface area contributed by atoms with Gasteiger partial charge in [0.15, 0.2) is 5.69 Å². The molecule has 1 fully saturated rings. The van der Waals surface area contributed by atoms with Gasteiger partial charge in [-0.2, -0.15) is 18.7 Å². The molecule has 3 atom stereocenters. The van der Waals surface area contributed by atoms with E-state index in [2.05, 4.69) is 5.32 Å². The zero-order valence-corrected chi connectivity index (χ0v) is 18.9. The molecule has 0 heterocycles. The molecule has 2 unspecified atom stereocenters. The number of quaternary nitrogens is 1. The number of benzene rings is 2. The molecule has 3 N–H and O–H groups in total. The molecule has 1 aliphatic rings. The van der Waals surface area contributed by atoms with Gasteiger partial charge in [-0.1, -0.05) is 25.1 Å². The van der Waals surface area contributed by atoms with Crippen molar-refractivity contribution in [3.05, 3.63) is 59.2 Å². The van der Waals surface area contributed by atoms with Gasteiger partial charge in [0.2, 0.25) is 5.91 Å². The number of aryl methyl sites for hydroxylation is 1. The minimum Gasteiger partial charge on any atom is -0.349 e. The maximum Gasteiger partial charge on any atom is 0.446 e. The maximum absolute atomic E-state index is 12.8. The fraction of sp³-hybridized carbons (Fsp3) is 0.435. The first-order valence-corrected chi connectivity index (χ1v) is 11.1. The van der Waals surface area contributed by atoms with Crippen molar-refractivity contribution in [1.82, 2.24) is 5.32 Å². The van der Waals surface area contributed by atoms with Gasteiger partial charge < -0.3 is 5.32 Å². The number of thioether (sulfide) groups is 1. The number of nitrogens with one attached hydrogen (secondary N) is 1. The molecule has 0 spiro atoms. The summed E-state index contributed by atoms with van der Waals surface area (Å²) < 4.78 is 37.6. The number of hydrogen-bond donors (Lipinski definition) is 2. The van der Waals surface area contributed by atoms with Crippen molar-refractivity contribution in [1.29, 1.82) is 0 Å². The second-order valence-corrected chi connectivity index (χ2v) is 9.30. The van der Waals surface area contributed by atoms with Crippen molar-refractivity contribution in [2.24, 2.45) is 5.92 Å². The van der Waals surface area contributed by atoms with Crippen LogP contribution in [0.25, 0.3) is 0 Å². The fourth-order valence-corrected chi connectivity index (χ4v) is 4.31. The van der Waals surface area contributed by atoms with Crippen LogP contribution in [0.5, 0.6) is 0 Å². The standard InChI is InChI=1S/C23H27F3N2O2S/c1-5-30-28-20-11-6-16(12-14(20)2)15(3)27-21(29)19-13-22(19,4)17-7-9-18(10-8-17)31-23(24,25)26/h6-12,15,19,28H,5,13H2,1-4H3,(H,27,29)/p+1/t15-,19?,22?/m1/s1. The quantitative estimate of drug-likeness (QED) is 0.339. The van der Waals surface area contributed by atoms with Crippen LogP contribution >= 0.6 is 11.8 Å². The molecule has 2 aromatic carbocycles. The van der Waals surface area contributed by atoms with Gasteiger partial charge in [-0.3, -0.25) is 4.79 Å². The molecule has 3 rings (SSSR count). The monoisotopic (exact) mass is 453 g/mol. The lowest BCUT2D eigenvalue weighted by Crippen LogP contribution is -2.77. The van der Waals surface area contributed by atoms with Gasteiger partial charge in [-0.25, -0.2) is 4.84 Å². The Bertz CT molecular complexity index is 933. The van der Waals surface area contributed by atoms with Gasteiger partial charge in [0.05, 0.1) is 6.04 Å². The molecule has 0 bridgehead atoms. The third-order valence-corrected chi connectivity index (χ3v) is 6.57. The molecule has 0 aromatic heterocycles. The molecular weight excluding hydrogens is 425 g/mol. The molecule has 0 aliphatic heterocycles. The average molecular weight is 454 g/mol. The van der Waals surface area contributed by atoms with E-state index in [0.717, 1.165) is 22.4 Å². The summed E-state index contributed by atoms with van der Waals surface area (Å²) in [5.41, 5.74) is 1.05. The molecule has 168 valence electrons. The summed E-state index contributed by atoms with van der Waals surface area (Å²) >= 11 is -0.129. The van der Waals surface area contributed by atoms with Crippen LogP contribution in [0.1, 0.15) is 49.9 Å². The highest BCUT2D eigenvalue weighted by molar-refractivity contribution is 8.00. The lowest BCUT2D eigenvalue weighted by atomic mass is 9.95. The van der Waals surface area contributed by atoms with Crippen LogP contribution in [0, 0.1) is 12.8 Å². The first-order chi connectivity index (χ1) is 14.5. The van der Waals surface area contributed by atoms with E-state index in [9.17, 15) is 18.0 Å². The Morgan fingerprint density at radius 2 is 1.97 bits per heavy atom. The van der Waals surface area contributed by atoms with Crippen LogP contribution in [-0.4, -0.2) is 18.0 Å². The lowest BCUT2D eigenvalue weighted by molar-refractivity contribution is -0.837. The number of nitrogens with two attached hydrogens (primary N) is 1. The first-order valence-electron chi connectivity index (χ1n) is 10.3. The lowest BCUT2D eigenvalue weighted by Gasteiger charge is -2.17. The smallest absolute Gasteiger partial charge is 0.349 e. The highest BCUT2D eigenvalue weighted by Gasteiger charge is 2.55. The Balaban J connectivity index is 1.61. The van der Waals surface area contributed by atoms with E-state index in [0.29, 0.717) is 13.0 Å². The van der Waals surface area contributed by atoms with E-state index in [1.54, 1.807) is 17.6 Å². The Hall–Kier alpha value is -2.03. The summed E-state index contributed by atoms with van der Waals surface area (Å²) in [6.07, 6.45) is 0.679. The summed E-state index contributed by atoms with van der Waals surface area (Å²) in [4.78, 5) is 18.3. The highest BCUT2D eigenvalue weighted by Crippen LogP contribution is 2.54. The Kier molecular flexibility index (Phi) is 7.03. The Morgan fingerprint density at radius 1 is 1.29 bits per heavy atom. The van der Waals surface area contributed by atoms with Crippen molar-refractivity contribution in [3.63, 3.8) is 0 Å². The van der Waals surface area contributed by atoms with E-state index in [4.69, 9.17) is 4.84 Å². The molecule has 1 saturated carbocycles. The summed E-state index contributed by atoms with van der Waals surface area (Å²) in [5.74, 6) is -0.228. The summed E-state index contributed by atoms with van der Waals surface area (Å²) in [6.45, 7) is 8.47. The van der Waals surface area contributed by atoms with Crippen LogP contribution in [0.4, 0.5) is 18.9 Å². The summed E-state index contributed by atoms with van der Waals surface area (Å²) in [7, 11) is 0. The average Bonchev–Trinajstić information content (AvgIpc) is 3.39. The summed E-state index contributed by atoms with van der Waals surface area (Å²) in [6, 6.07) is 12.2. The highest BCUT2D eigenvalue weighted by atomic mass is 32.2. The van der Waals surface area contributed by atoms with Crippen LogP contribution in [0.15, 0.2) is 47.4 Å². The van der Waals surface area contributed by atoms with Gasteiger partial charge >= 0.3 is 5.51 Å². The van der Waals surface area contributed by atoms with Crippen molar-refractivity contribution in [2.75, 3.05) is 6.61 Å². The number of halogens is 3. The number of carbonyl (C=O) groups excluding carboxylic acids is 1. The molecule has 1 amide bonds. The van der Waals surface area contributed by atoms with Crippen molar-refractivity contribution in [2.45, 2.75) is 56.0 Å². The van der Waals surface area contributed by atoms with E-state index in [1.165, 1.54) is 12.1 Å². The van der Waals surface area contributed by atoms with Gasteiger partial charge in [0, 0.05) is 27.9 Å². The fourth-order valence-electron chi connectivity index (χ4n) is 3.77. The molecule has 31 heavy (non-hydrogen) atoms. The van der Waals surface area contributed by atoms with Gasteiger partial charge in [-0.15, -0.1) is 0 Å². The number of hydrogen-bond acceptors (Lipinski definition) is 3. The number of rotatable bonds is 8. The van der Waals surface area contributed by atoms with Crippen molar-refractivity contribution in [3.8, 4) is 0 Å². The van der Waals surface area contributed by atoms with Crippen LogP contribution in [0.3, 0.4) is 0 Å². The predicted octanol–water partition coefficient (Wildman–Crippen LogP) is 4.91. The third-order valence-electron chi connectivity index (χ3n) is 5.83. The Labute approximate surface area is 184 Å². The van der Waals surface area contributed by atoms with Gasteiger partial charge in [-0.05, 0) is 68.3 Å². The van der Waals surface area contributed by atoms with Crippen LogP contribution < -0.4 is 10.8 Å². The van der Waals surface area contributed by atoms with Gasteiger partial charge in [0.25, 0.3) is 0 Å². The molecule has 2 aromatic rings. The molecule has 0 saturated heterocycles. The zero-order chi connectivity index (χ0) is 22.8.